The molecule has 0 saturated heterocycles. The first-order chi connectivity index (χ1) is 7.88. The van der Waals surface area contributed by atoms with Gasteiger partial charge in [0.1, 0.15) is 0 Å². The van der Waals surface area contributed by atoms with Crippen LogP contribution in [0, 0.1) is 0 Å². The number of primary amides is 1. The van der Waals surface area contributed by atoms with Crippen LogP contribution >= 0.6 is 0 Å². The number of amides is 1. The predicted molar refractivity (Wildman–Crippen MR) is 66.6 cm³/mol. The summed E-state index contributed by atoms with van der Waals surface area (Å²) in [6.07, 6.45) is 0. The van der Waals surface area contributed by atoms with Crippen LogP contribution in [0.3, 0.4) is 0 Å². The van der Waals surface area contributed by atoms with Gasteiger partial charge in [0.05, 0.1) is 22.9 Å². The van der Waals surface area contributed by atoms with Crippen molar-refractivity contribution >= 4 is 21.4 Å². The van der Waals surface area contributed by atoms with Crippen molar-refractivity contribution in [2.24, 2.45) is 5.73 Å². The lowest BCUT2D eigenvalue weighted by molar-refractivity contribution is -0.116. The van der Waals surface area contributed by atoms with Crippen molar-refractivity contribution in [2.75, 3.05) is 24.2 Å². The van der Waals surface area contributed by atoms with Gasteiger partial charge in [-0.2, -0.15) is 0 Å². The Morgan fingerprint density at radius 2 is 1.94 bits per heavy atom. The minimum Gasteiger partial charge on any atom is -0.368 e. The average molecular weight is 256 g/mol. The lowest BCUT2D eigenvalue weighted by atomic mass is 10.3. The van der Waals surface area contributed by atoms with Crippen LogP contribution in [0.15, 0.2) is 29.2 Å². The molecule has 5 nitrogen and oxygen atoms in total. The third-order valence-electron chi connectivity index (χ3n) is 2.38. The molecule has 0 saturated carbocycles. The van der Waals surface area contributed by atoms with E-state index in [2.05, 4.69) is 0 Å². The average Bonchev–Trinajstić information content (AvgIpc) is 2.28. The summed E-state index contributed by atoms with van der Waals surface area (Å²) >= 11 is 0. The summed E-state index contributed by atoms with van der Waals surface area (Å²) in [4.78, 5) is 12.6. The monoisotopic (exact) mass is 256 g/mol. The van der Waals surface area contributed by atoms with Gasteiger partial charge in [-0.1, -0.05) is 19.1 Å². The molecule has 0 aliphatic carbocycles. The molecule has 17 heavy (non-hydrogen) atoms. The van der Waals surface area contributed by atoms with E-state index in [9.17, 15) is 13.2 Å². The Morgan fingerprint density at radius 3 is 2.47 bits per heavy atom. The lowest BCUT2D eigenvalue weighted by Gasteiger charge is -2.20. The Balaban J connectivity index is 3.21. The Bertz CT molecular complexity index is 511. The number of hydrogen-bond donors (Lipinski definition) is 1. The fourth-order valence-corrected chi connectivity index (χ4v) is 2.65. The highest BCUT2D eigenvalue weighted by atomic mass is 32.2. The van der Waals surface area contributed by atoms with E-state index >= 15 is 0 Å². The van der Waals surface area contributed by atoms with Crippen molar-refractivity contribution < 1.29 is 13.2 Å². The van der Waals surface area contributed by atoms with Crippen LogP contribution in [0.5, 0.6) is 0 Å². The minimum absolute atomic E-state index is 0.0176. The van der Waals surface area contributed by atoms with Crippen molar-refractivity contribution in [2.45, 2.75) is 11.8 Å². The topological polar surface area (TPSA) is 80.5 Å². The maximum atomic E-state index is 11.9. The molecule has 0 aromatic heterocycles. The van der Waals surface area contributed by atoms with Crippen LogP contribution in [0.1, 0.15) is 6.92 Å². The standard InChI is InChI=1S/C11H16N2O3S/c1-3-17(15,16)10-7-5-4-6-9(10)13(2)8-11(12)14/h4-7H,3,8H2,1-2H3,(H2,12,14). The second-order valence-corrected chi connectivity index (χ2v) is 5.94. The summed E-state index contributed by atoms with van der Waals surface area (Å²) in [7, 11) is -1.67. The number of para-hydroxylation sites is 1. The molecule has 94 valence electrons. The highest BCUT2D eigenvalue weighted by Crippen LogP contribution is 2.24. The minimum atomic E-state index is -3.30. The normalized spacial score (nSPS) is 11.2. The van der Waals surface area contributed by atoms with Gasteiger partial charge in [0.15, 0.2) is 9.84 Å². The van der Waals surface area contributed by atoms with E-state index in [1.807, 2.05) is 0 Å². The van der Waals surface area contributed by atoms with Gasteiger partial charge < -0.3 is 10.6 Å². The number of sulfone groups is 1. The second-order valence-electron chi connectivity index (χ2n) is 3.69. The molecule has 0 radical (unpaired) electrons. The molecule has 0 heterocycles. The number of carbonyl (C=O) groups excluding carboxylic acids is 1. The number of carbonyl (C=O) groups is 1. The molecule has 0 unspecified atom stereocenters. The molecule has 1 aromatic carbocycles. The molecule has 6 heteroatoms. The van der Waals surface area contributed by atoms with E-state index in [1.165, 1.54) is 11.0 Å². The van der Waals surface area contributed by atoms with Gasteiger partial charge >= 0.3 is 0 Å². The van der Waals surface area contributed by atoms with Crippen LogP contribution in [-0.4, -0.2) is 33.7 Å². The van der Waals surface area contributed by atoms with E-state index in [0.29, 0.717) is 5.69 Å². The first-order valence-corrected chi connectivity index (χ1v) is 6.85. The first-order valence-electron chi connectivity index (χ1n) is 5.19. The number of hydrogen-bond acceptors (Lipinski definition) is 4. The van der Waals surface area contributed by atoms with Gasteiger partial charge in [0, 0.05) is 7.05 Å². The Morgan fingerprint density at radius 1 is 1.35 bits per heavy atom. The van der Waals surface area contributed by atoms with Crippen LogP contribution in [0.25, 0.3) is 0 Å². The zero-order chi connectivity index (χ0) is 13.1. The Hall–Kier alpha value is -1.56. The van der Waals surface area contributed by atoms with Crippen molar-refractivity contribution in [3.63, 3.8) is 0 Å². The van der Waals surface area contributed by atoms with Gasteiger partial charge in [-0.05, 0) is 12.1 Å². The first kappa shape index (κ1) is 13.5. The zero-order valence-corrected chi connectivity index (χ0v) is 10.7. The maximum absolute atomic E-state index is 11.9. The quantitative estimate of drug-likeness (QED) is 0.827. The van der Waals surface area contributed by atoms with E-state index in [4.69, 9.17) is 5.73 Å². The molecule has 1 amide bonds. The highest BCUT2D eigenvalue weighted by Gasteiger charge is 2.18. The highest BCUT2D eigenvalue weighted by molar-refractivity contribution is 7.91. The summed E-state index contributed by atoms with van der Waals surface area (Å²) in [6.45, 7) is 1.57. The van der Waals surface area contributed by atoms with Crippen molar-refractivity contribution in [3.8, 4) is 0 Å². The lowest BCUT2D eigenvalue weighted by Crippen LogP contribution is -2.31. The molecule has 1 rings (SSSR count). The summed E-state index contributed by atoms with van der Waals surface area (Å²) in [5, 5.41) is 0. The van der Waals surface area contributed by atoms with Gasteiger partial charge in [-0.3, -0.25) is 4.79 Å². The molecule has 0 fully saturated rings. The molecular weight excluding hydrogens is 240 g/mol. The smallest absolute Gasteiger partial charge is 0.236 e. The van der Waals surface area contributed by atoms with Gasteiger partial charge in [-0.25, -0.2) is 8.42 Å². The summed E-state index contributed by atoms with van der Waals surface area (Å²) in [5.41, 5.74) is 5.59. The van der Waals surface area contributed by atoms with Crippen LogP contribution in [0.2, 0.25) is 0 Å². The number of anilines is 1. The van der Waals surface area contributed by atoms with Crippen LogP contribution < -0.4 is 10.6 Å². The SMILES string of the molecule is CCS(=O)(=O)c1ccccc1N(C)CC(N)=O. The van der Waals surface area contributed by atoms with Crippen LogP contribution in [-0.2, 0) is 14.6 Å². The van der Waals surface area contributed by atoms with Crippen LogP contribution in [0.4, 0.5) is 5.69 Å². The molecule has 0 aliphatic heterocycles. The molecule has 0 spiro atoms. The van der Waals surface area contributed by atoms with Crippen molar-refractivity contribution in [3.05, 3.63) is 24.3 Å². The third kappa shape index (κ3) is 3.20. The summed E-state index contributed by atoms with van der Waals surface area (Å²) < 4.78 is 23.7. The number of likely N-dealkylation sites (N-methyl/N-ethyl adjacent to an activating group) is 1. The van der Waals surface area contributed by atoms with E-state index < -0.39 is 15.7 Å². The summed E-state index contributed by atoms with van der Waals surface area (Å²) in [6, 6.07) is 6.57. The van der Waals surface area contributed by atoms with Gasteiger partial charge in [-0.15, -0.1) is 0 Å². The van der Waals surface area contributed by atoms with Crippen molar-refractivity contribution in [1.82, 2.24) is 0 Å². The van der Waals surface area contributed by atoms with E-state index in [1.54, 1.807) is 32.2 Å². The number of nitrogens with two attached hydrogens (primary N) is 1. The van der Waals surface area contributed by atoms with Gasteiger partial charge in [0.25, 0.3) is 0 Å². The van der Waals surface area contributed by atoms with E-state index in [0.717, 1.165) is 0 Å². The molecule has 0 aliphatic rings. The fraction of sp³-hybridized carbons (Fsp3) is 0.364. The number of benzene rings is 1. The number of rotatable bonds is 5. The Labute approximate surface area is 101 Å². The maximum Gasteiger partial charge on any atom is 0.236 e. The molecule has 1 aromatic rings. The third-order valence-corrected chi connectivity index (χ3v) is 4.16. The largest absolute Gasteiger partial charge is 0.368 e. The zero-order valence-electron chi connectivity index (χ0n) is 9.88. The summed E-state index contributed by atoms with van der Waals surface area (Å²) in [5.74, 6) is -0.481. The van der Waals surface area contributed by atoms with Crippen molar-refractivity contribution in [1.29, 1.82) is 0 Å². The molecular formula is C11H16N2O3S. The predicted octanol–water partition coefficient (Wildman–Crippen LogP) is 0.402. The molecule has 2 N–H and O–H groups in total. The fourth-order valence-electron chi connectivity index (χ4n) is 1.51. The molecule has 0 bridgehead atoms. The van der Waals surface area contributed by atoms with Gasteiger partial charge in [0.2, 0.25) is 5.91 Å². The Kier molecular flexibility index (Phi) is 4.11. The van der Waals surface area contributed by atoms with E-state index in [-0.39, 0.29) is 17.2 Å². The second kappa shape index (κ2) is 5.18. The molecule has 0 atom stereocenters. The number of nitrogens with zero attached hydrogens (tertiary/aromatic N) is 1.